The molecular weight excluding hydrogens is 346 g/mol. The fourth-order valence-electron chi connectivity index (χ4n) is 3.13. The van der Waals surface area contributed by atoms with Crippen LogP contribution >= 0.6 is 12.4 Å². The third-order valence-electron chi connectivity index (χ3n) is 4.87. The molecule has 2 fully saturated rings. The average molecular weight is 378 g/mol. The molecule has 146 valence electrons. The van der Waals surface area contributed by atoms with Crippen molar-refractivity contribution < 1.29 is 19.1 Å². The number of hydrogen-bond acceptors (Lipinski definition) is 5. The van der Waals surface area contributed by atoms with Gasteiger partial charge in [0.25, 0.3) is 0 Å². The van der Waals surface area contributed by atoms with Gasteiger partial charge in [0.05, 0.1) is 13.2 Å². The molecule has 7 nitrogen and oxygen atoms in total. The van der Waals surface area contributed by atoms with Gasteiger partial charge in [-0.1, -0.05) is 0 Å². The fourth-order valence-corrected chi connectivity index (χ4v) is 3.13. The quantitative estimate of drug-likeness (QED) is 0.484. The maximum Gasteiger partial charge on any atom is 0.246 e. The number of ether oxygens (including phenoxy) is 2. The van der Waals surface area contributed by atoms with E-state index >= 15 is 0 Å². The summed E-state index contributed by atoms with van der Waals surface area (Å²) >= 11 is 0. The minimum absolute atomic E-state index is 0. The lowest BCUT2D eigenvalue weighted by Crippen LogP contribution is -2.44. The minimum Gasteiger partial charge on any atom is -0.382 e. The van der Waals surface area contributed by atoms with Gasteiger partial charge in [-0.15, -0.1) is 12.4 Å². The van der Waals surface area contributed by atoms with Crippen molar-refractivity contribution in [3.8, 4) is 0 Å². The van der Waals surface area contributed by atoms with Crippen molar-refractivity contribution in [3.05, 3.63) is 0 Å². The summed E-state index contributed by atoms with van der Waals surface area (Å²) in [5.74, 6) is 0.651. The number of rotatable bonds is 10. The van der Waals surface area contributed by atoms with Crippen molar-refractivity contribution in [2.24, 2.45) is 17.6 Å². The summed E-state index contributed by atoms with van der Waals surface area (Å²) in [6.45, 7) is 1.54. The molecule has 0 aromatic carbocycles. The van der Waals surface area contributed by atoms with Crippen molar-refractivity contribution in [2.75, 3.05) is 33.5 Å². The van der Waals surface area contributed by atoms with E-state index in [1.54, 1.807) is 7.11 Å². The first-order valence-corrected chi connectivity index (χ1v) is 8.99. The van der Waals surface area contributed by atoms with Gasteiger partial charge >= 0.3 is 0 Å². The molecule has 2 rings (SSSR count). The molecule has 1 atom stereocenters. The minimum atomic E-state index is -0.102. The SMILES string of the molecule is COCCOCC(=O)NC1CCC(C(=O)NCC(N)C2CC2)CC1.Cl. The fraction of sp³-hybridized carbons (Fsp3) is 0.882. The first kappa shape index (κ1) is 22.2. The van der Waals surface area contributed by atoms with Crippen LogP contribution in [0.1, 0.15) is 38.5 Å². The van der Waals surface area contributed by atoms with E-state index in [9.17, 15) is 9.59 Å². The van der Waals surface area contributed by atoms with E-state index in [0.717, 1.165) is 25.7 Å². The number of amides is 2. The molecule has 2 amide bonds. The highest BCUT2D eigenvalue weighted by Crippen LogP contribution is 2.31. The van der Waals surface area contributed by atoms with Crippen LogP contribution in [0.3, 0.4) is 0 Å². The number of hydrogen-bond donors (Lipinski definition) is 3. The second kappa shape index (κ2) is 11.7. The van der Waals surface area contributed by atoms with Gasteiger partial charge in [-0.2, -0.15) is 0 Å². The molecule has 25 heavy (non-hydrogen) atoms. The Hall–Kier alpha value is -0.890. The van der Waals surface area contributed by atoms with Crippen LogP contribution in [0, 0.1) is 11.8 Å². The van der Waals surface area contributed by atoms with Crippen molar-refractivity contribution in [1.82, 2.24) is 10.6 Å². The number of carbonyl (C=O) groups is 2. The van der Waals surface area contributed by atoms with E-state index < -0.39 is 0 Å². The van der Waals surface area contributed by atoms with Crippen LogP contribution in [0.4, 0.5) is 0 Å². The lowest BCUT2D eigenvalue weighted by molar-refractivity contribution is -0.127. The van der Waals surface area contributed by atoms with Gasteiger partial charge in [0.2, 0.25) is 11.8 Å². The molecular formula is C17H32ClN3O4. The first-order valence-electron chi connectivity index (χ1n) is 8.99. The molecule has 0 bridgehead atoms. The van der Waals surface area contributed by atoms with Gasteiger partial charge in [-0.05, 0) is 44.4 Å². The van der Waals surface area contributed by atoms with Gasteiger partial charge in [0.15, 0.2) is 0 Å². The molecule has 0 aromatic heterocycles. The van der Waals surface area contributed by atoms with E-state index in [1.165, 1.54) is 12.8 Å². The molecule has 0 aliphatic heterocycles. The second-order valence-electron chi connectivity index (χ2n) is 6.91. The van der Waals surface area contributed by atoms with Crippen molar-refractivity contribution in [3.63, 3.8) is 0 Å². The first-order chi connectivity index (χ1) is 11.6. The topological polar surface area (TPSA) is 103 Å². The standard InChI is InChI=1S/C17H31N3O4.ClH/c1-23-8-9-24-11-16(21)20-14-6-4-13(5-7-14)17(22)19-10-15(18)12-2-3-12;/h12-15H,2-11,18H2,1H3,(H,19,22)(H,20,21);1H. The highest BCUT2D eigenvalue weighted by atomic mass is 35.5. The van der Waals surface area contributed by atoms with Crippen LogP contribution in [0.15, 0.2) is 0 Å². The second-order valence-corrected chi connectivity index (χ2v) is 6.91. The Labute approximate surface area is 156 Å². The van der Waals surface area contributed by atoms with Gasteiger partial charge < -0.3 is 25.8 Å². The maximum absolute atomic E-state index is 12.2. The zero-order valence-corrected chi connectivity index (χ0v) is 15.8. The van der Waals surface area contributed by atoms with E-state index in [1.807, 2.05) is 0 Å². The maximum atomic E-state index is 12.2. The highest BCUT2D eigenvalue weighted by Gasteiger charge is 2.30. The summed E-state index contributed by atoms with van der Waals surface area (Å²) in [5, 5.41) is 5.96. The van der Waals surface area contributed by atoms with Crippen LogP contribution in [0.2, 0.25) is 0 Å². The van der Waals surface area contributed by atoms with Crippen molar-refractivity contribution in [2.45, 2.75) is 50.6 Å². The van der Waals surface area contributed by atoms with E-state index in [0.29, 0.717) is 25.7 Å². The molecule has 1 unspecified atom stereocenters. The van der Waals surface area contributed by atoms with Gasteiger partial charge in [-0.25, -0.2) is 0 Å². The van der Waals surface area contributed by atoms with E-state index in [-0.39, 0.29) is 48.8 Å². The zero-order chi connectivity index (χ0) is 17.4. The molecule has 2 saturated carbocycles. The number of nitrogens with one attached hydrogen (secondary N) is 2. The molecule has 0 saturated heterocycles. The Morgan fingerprint density at radius 1 is 1.12 bits per heavy atom. The Morgan fingerprint density at radius 2 is 1.80 bits per heavy atom. The van der Waals surface area contributed by atoms with Crippen LogP contribution in [-0.4, -0.2) is 57.4 Å². The van der Waals surface area contributed by atoms with Crippen molar-refractivity contribution in [1.29, 1.82) is 0 Å². The molecule has 2 aliphatic carbocycles. The van der Waals surface area contributed by atoms with Crippen LogP contribution < -0.4 is 16.4 Å². The average Bonchev–Trinajstić information content (AvgIpc) is 3.42. The number of carbonyl (C=O) groups excluding carboxylic acids is 2. The molecule has 2 aliphatic rings. The van der Waals surface area contributed by atoms with E-state index in [4.69, 9.17) is 15.2 Å². The van der Waals surface area contributed by atoms with Crippen molar-refractivity contribution >= 4 is 24.2 Å². The molecule has 4 N–H and O–H groups in total. The molecule has 8 heteroatoms. The smallest absolute Gasteiger partial charge is 0.246 e. The van der Waals surface area contributed by atoms with Gasteiger partial charge in [-0.3, -0.25) is 9.59 Å². The normalized spacial score (nSPS) is 24.1. The highest BCUT2D eigenvalue weighted by molar-refractivity contribution is 5.85. The third-order valence-corrected chi connectivity index (χ3v) is 4.87. The van der Waals surface area contributed by atoms with Crippen LogP contribution in [-0.2, 0) is 19.1 Å². The summed E-state index contributed by atoms with van der Waals surface area (Å²) in [5.41, 5.74) is 6.01. The van der Waals surface area contributed by atoms with E-state index in [2.05, 4.69) is 10.6 Å². The molecule has 0 spiro atoms. The zero-order valence-electron chi connectivity index (χ0n) is 15.0. The molecule has 0 aromatic rings. The summed E-state index contributed by atoms with van der Waals surface area (Å²) < 4.78 is 10.1. The Morgan fingerprint density at radius 3 is 2.40 bits per heavy atom. The largest absolute Gasteiger partial charge is 0.382 e. The lowest BCUT2D eigenvalue weighted by atomic mass is 9.85. The summed E-state index contributed by atoms with van der Waals surface area (Å²) in [6.07, 6.45) is 5.65. The monoisotopic (exact) mass is 377 g/mol. The number of nitrogens with two attached hydrogens (primary N) is 1. The predicted octanol–water partition coefficient (Wildman–Crippen LogP) is 0.600. The lowest BCUT2D eigenvalue weighted by Gasteiger charge is -2.28. The number of methoxy groups -OCH3 is 1. The van der Waals surface area contributed by atoms with Crippen LogP contribution in [0.25, 0.3) is 0 Å². The Bertz CT molecular complexity index is 413. The van der Waals surface area contributed by atoms with Gasteiger partial charge in [0, 0.05) is 31.7 Å². The summed E-state index contributed by atoms with van der Waals surface area (Å²) in [6, 6.07) is 0.240. The predicted molar refractivity (Wildman–Crippen MR) is 97.5 cm³/mol. The number of halogens is 1. The van der Waals surface area contributed by atoms with Crippen LogP contribution in [0.5, 0.6) is 0 Å². The summed E-state index contributed by atoms with van der Waals surface area (Å²) in [4.78, 5) is 24.0. The Balaban J connectivity index is 0.00000312. The summed E-state index contributed by atoms with van der Waals surface area (Å²) in [7, 11) is 1.59. The molecule has 0 heterocycles. The third kappa shape index (κ3) is 8.35. The Kier molecular flexibility index (Phi) is 10.3. The molecule has 0 radical (unpaired) electrons. The van der Waals surface area contributed by atoms with Gasteiger partial charge in [0.1, 0.15) is 6.61 Å².